The van der Waals surface area contributed by atoms with Crippen molar-refractivity contribution in [1.29, 1.82) is 0 Å². The van der Waals surface area contributed by atoms with Crippen molar-refractivity contribution in [3.05, 3.63) is 23.2 Å². The van der Waals surface area contributed by atoms with Gasteiger partial charge in [0.25, 0.3) is 0 Å². The number of ether oxygens (including phenoxy) is 1. The number of halogens is 1. The number of amides is 1. The number of nitrogens with two attached hydrogens (primary N) is 1. The van der Waals surface area contributed by atoms with Crippen molar-refractivity contribution in [2.24, 2.45) is 5.92 Å². The number of nitrogens with zero attached hydrogens (tertiary/aromatic N) is 1. The molecule has 0 atom stereocenters. The van der Waals surface area contributed by atoms with Crippen molar-refractivity contribution in [3.63, 3.8) is 0 Å². The van der Waals surface area contributed by atoms with Gasteiger partial charge in [0.1, 0.15) is 0 Å². The van der Waals surface area contributed by atoms with Crippen LogP contribution in [0.15, 0.2) is 18.2 Å². The van der Waals surface area contributed by atoms with E-state index in [9.17, 15) is 4.79 Å². The molecule has 0 unspecified atom stereocenters. The lowest BCUT2D eigenvalue weighted by Gasteiger charge is -2.27. The van der Waals surface area contributed by atoms with E-state index in [1.165, 1.54) is 0 Å². The molecule has 1 aromatic carbocycles. The molecule has 1 aliphatic rings. The molecular weight excluding hydrogens is 252 g/mol. The molecule has 2 rings (SSSR count). The maximum absolute atomic E-state index is 12.3. The van der Waals surface area contributed by atoms with Gasteiger partial charge in [-0.15, -0.1) is 0 Å². The van der Waals surface area contributed by atoms with E-state index in [1.54, 1.807) is 30.1 Å². The van der Waals surface area contributed by atoms with Crippen molar-refractivity contribution in [2.75, 3.05) is 30.9 Å². The van der Waals surface area contributed by atoms with Crippen molar-refractivity contribution < 1.29 is 9.53 Å². The minimum absolute atomic E-state index is 0.0159. The number of carbonyl (C=O) groups excluding carboxylic acids is 1. The van der Waals surface area contributed by atoms with Crippen LogP contribution in [0.5, 0.6) is 0 Å². The SMILES string of the molecule is CN(C(=O)C1CCOCC1)c1cc(Cl)ccc1N. The Morgan fingerprint density at radius 1 is 1.44 bits per heavy atom. The van der Waals surface area contributed by atoms with Crippen LogP contribution in [-0.4, -0.2) is 26.2 Å². The molecule has 0 spiro atoms. The van der Waals surface area contributed by atoms with E-state index in [4.69, 9.17) is 22.1 Å². The summed E-state index contributed by atoms with van der Waals surface area (Å²) in [5, 5.41) is 0.575. The van der Waals surface area contributed by atoms with E-state index in [0.717, 1.165) is 12.8 Å². The van der Waals surface area contributed by atoms with Gasteiger partial charge in [-0.3, -0.25) is 4.79 Å². The summed E-state index contributed by atoms with van der Waals surface area (Å²) in [4.78, 5) is 13.9. The Balaban J connectivity index is 2.16. The fraction of sp³-hybridized carbons (Fsp3) is 0.462. The Hall–Kier alpha value is -1.26. The van der Waals surface area contributed by atoms with E-state index < -0.39 is 0 Å². The summed E-state index contributed by atoms with van der Waals surface area (Å²) in [6, 6.07) is 5.15. The molecule has 1 saturated heterocycles. The third kappa shape index (κ3) is 2.76. The third-order valence-electron chi connectivity index (χ3n) is 3.25. The number of anilines is 2. The lowest BCUT2D eigenvalue weighted by Crippen LogP contribution is -2.36. The zero-order valence-corrected chi connectivity index (χ0v) is 11.1. The summed E-state index contributed by atoms with van der Waals surface area (Å²) >= 11 is 5.94. The smallest absolute Gasteiger partial charge is 0.230 e. The van der Waals surface area contributed by atoms with Gasteiger partial charge in [0.05, 0.1) is 11.4 Å². The first-order valence-electron chi connectivity index (χ1n) is 6.00. The summed E-state index contributed by atoms with van der Waals surface area (Å²) in [5.41, 5.74) is 7.10. The number of hydrogen-bond donors (Lipinski definition) is 1. The first-order valence-corrected chi connectivity index (χ1v) is 6.37. The Morgan fingerprint density at radius 3 is 2.78 bits per heavy atom. The van der Waals surface area contributed by atoms with Crippen LogP contribution in [0.3, 0.4) is 0 Å². The van der Waals surface area contributed by atoms with E-state index in [-0.39, 0.29) is 11.8 Å². The summed E-state index contributed by atoms with van der Waals surface area (Å²) in [6.45, 7) is 1.30. The maximum Gasteiger partial charge on any atom is 0.230 e. The van der Waals surface area contributed by atoms with Crippen molar-refractivity contribution in [1.82, 2.24) is 0 Å². The zero-order valence-electron chi connectivity index (χ0n) is 10.4. The van der Waals surface area contributed by atoms with Gasteiger partial charge >= 0.3 is 0 Å². The fourth-order valence-corrected chi connectivity index (χ4v) is 2.31. The molecule has 18 heavy (non-hydrogen) atoms. The topological polar surface area (TPSA) is 55.6 Å². The summed E-state index contributed by atoms with van der Waals surface area (Å²) in [7, 11) is 1.74. The maximum atomic E-state index is 12.3. The van der Waals surface area contributed by atoms with Crippen LogP contribution in [-0.2, 0) is 9.53 Å². The largest absolute Gasteiger partial charge is 0.397 e. The quantitative estimate of drug-likeness (QED) is 0.838. The fourth-order valence-electron chi connectivity index (χ4n) is 2.14. The van der Waals surface area contributed by atoms with Gasteiger partial charge in [-0.25, -0.2) is 0 Å². The molecule has 0 bridgehead atoms. The second-order valence-electron chi connectivity index (χ2n) is 4.49. The number of hydrogen-bond acceptors (Lipinski definition) is 3. The van der Waals surface area contributed by atoms with Gasteiger partial charge in [0.15, 0.2) is 0 Å². The van der Waals surface area contributed by atoms with Crippen LogP contribution in [0.4, 0.5) is 11.4 Å². The average molecular weight is 269 g/mol. The van der Waals surface area contributed by atoms with Gasteiger partial charge in [-0.1, -0.05) is 11.6 Å². The normalized spacial score (nSPS) is 16.6. The molecular formula is C13H17ClN2O2. The average Bonchev–Trinajstić information content (AvgIpc) is 2.41. The van der Waals surface area contributed by atoms with Crippen LogP contribution in [0, 0.1) is 5.92 Å². The first-order chi connectivity index (χ1) is 8.59. The molecule has 2 N–H and O–H groups in total. The lowest BCUT2D eigenvalue weighted by atomic mass is 9.98. The minimum Gasteiger partial charge on any atom is -0.397 e. The van der Waals surface area contributed by atoms with Gasteiger partial charge in [-0.05, 0) is 31.0 Å². The summed E-state index contributed by atoms with van der Waals surface area (Å²) in [6.07, 6.45) is 1.54. The molecule has 1 amide bonds. The Labute approximate surface area is 112 Å². The number of rotatable bonds is 2. The molecule has 0 saturated carbocycles. The molecule has 1 fully saturated rings. The van der Waals surface area contributed by atoms with E-state index in [2.05, 4.69) is 0 Å². The molecule has 1 aromatic rings. The highest BCUT2D eigenvalue weighted by Crippen LogP contribution is 2.28. The highest BCUT2D eigenvalue weighted by atomic mass is 35.5. The van der Waals surface area contributed by atoms with E-state index in [1.807, 2.05) is 0 Å². The van der Waals surface area contributed by atoms with Gasteiger partial charge in [0, 0.05) is 31.2 Å². The number of carbonyl (C=O) groups is 1. The molecule has 0 aliphatic carbocycles. The lowest BCUT2D eigenvalue weighted by molar-refractivity contribution is -0.124. The first kappa shape index (κ1) is 13.2. The predicted molar refractivity (Wildman–Crippen MR) is 72.8 cm³/mol. The number of benzene rings is 1. The molecule has 0 radical (unpaired) electrons. The molecule has 1 heterocycles. The highest BCUT2D eigenvalue weighted by Gasteiger charge is 2.26. The Kier molecular flexibility index (Phi) is 4.09. The number of nitrogen functional groups attached to an aromatic ring is 1. The molecule has 98 valence electrons. The van der Waals surface area contributed by atoms with Gasteiger partial charge in [0.2, 0.25) is 5.91 Å². The highest BCUT2D eigenvalue weighted by molar-refractivity contribution is 6.31. The van der Waals surface area contributed by atoms with Crippen LogP contribution >= 0.6 is 11.6 Å². The van der Waals surface area contributed by atoms with E-state index in [0.29, 0.717) is 29.6 Å². The summed E-state index contributed by atoms with van der Waals surface area (Å²) < 4.78 is 5.26. The predicted octanol–water partition coefficient (Wildman–Crippen LogP) is 2.31. The second kappa shape index (κ2) is 5.59. The van der Waals surface area contributed by atoms with Gasteiger partial charge in [-0.2, -0.15) is 0 Å². The minimum atomic E-state index is 0.0159. The van der Waals surface area contributed by atoms with Crippen LogP contribution in [0.25, 0.3) is 0 Å². The molecule has 4 nitrogen and oxygen atoms in total. The third-order valence-corrected chi connectivity index (χ3v) is 3.49. The summed E-state index contributed by atoms with van der Waals surface area (Å²) in [5.74, 6) is 0.0920. The Morgan fingerprint density at radius 2 is 2.11 bits per heavy atom. The molecule has 5 heteroatoms. The van der Waals surface area contributed by atoms with Crippen LogP contribution in [0.1, 0.15) is 12.8 Å². The van der Waals surface area contributed by atoms with Gasteiger partial charge < -0.3 is 15.4 Å². The van der Waals surface area contributed by atoms with Crippen molar-refractivity contribution in [2.45, 2.75) is 12.8 Å². The second-order valence-corrected chi connectivity index (χ2v) is 4.92. The van der Waals surface area contributed by atoms with E-state index >= 15 is 0 Å². The standard InChI is InChI=1S/C13H17ClN2O2/c1-16(12-8-10(14)2-3-11(12)15)13(17)9-4-6-18-7-5-9/h2-3,8-9H,4-7,15H2,1H3. The van der Waals surface area contributed by atoms with Crippen molar-refractivity contribution >= 4 is 28.9 Å². The van der Waals surface area contributed by atoms with Crippen molar-refractivity contribution in [3.8, 4) is 0 Å². The monoisotopic (exact) mass is 268 g/mol. The Bertz CT molecular complexity index is 445. The molecule has 0 aromatic heterocycles. The van der Waals surface area contributed by atoms with Crippen LogP contribution in [0.2, 0.25) is 5.02 Å². The molecule has 1 aliphatic heterocycles. The van der Waals surface area contributed by atoms with Crippen LogP contribution < -0.4 is 10.6 Å². The zero-order chi connectivity index (χ0) is 13.1.